The minimum atomic E-state index is 0.169. The van der Waals surface area contributed by atoms with Crippen molar-refractivity contribution in [2.24, 2.45) is 0 Å². The molecule has 0 atom stereocenters. The van der Waals surface area contributed by atoms with Crippen molar-refractivity contribution in [2.75, 3.05) is 0 Å². The van der Waals surface area contributed by atoms with Gasteiger partial charge in [-0.1, -0.05) is 12.1 Å². The van der Waals surface area contributed by atoms with Gasteiger partial charge in [0.05, 0.1) is 0 Å². The van der Waals surface area contributed by atoms with E-state index >= 15 is 0 Å². The Bertz CT molecular complexity index is 596. The average Bonchev–Trinajstić information content (AvgIpc) is 2.82. The Balaban J connectivity index is 2.21. The van der Waals surface area contributed by atoms with Crippen LogP contribution in [0.25, 0.3) is 22.2 Å². The third-order valence-electron chi connectivity index (χ3n) is 2.34. The van der Waals surface area contributed by atoms with Gasteiger partial charge in [0.2, 0.25) is 0 Å². The van der Waals surface area contributed by atoms with Crippen LogP contribution in [0.2, 0.25) is 0 Å². The maximum absolute atomic E-state index is 9.29. The van der Waals surface area contributed by atoms with E-state index in [4.69, 9.17) is 4.42 Å². The summed E-state index contributed by atoms with van der Waals surface area (Å²) in [6.07, 6.45) is 2.98. The zero-order valence-electron chi connectivity index (χ0n) is 7.77. The Labute approximate surface area is 85.2 Å². The van der Waals surface area contributed by atoms with Crippen molar-refractivity contribution >= 4 is 10.9 Å². The summed E-state index contributed by atoms with van der Waals surface area (Å²) in [5, 5.41) is 10.3. The molecule has 0 amide bonds. The fourth-order valence-electron chi connectivity index (χ4n) is 1.63. The zero-order chi connectivity index (χ0) is 10.3. The molecule has 4 nitrogen and oxygen atoms in total. The van der Waals surface area contributed by atoms with Gasteiger partial charge in [-0.05, 0) is 6.07 Å². The summed E-state index contributed by atoms with van der Waals surface area (Å²) in [6.45, 7) is 0. The molecule has 0 aliphatic carbocycles. The topological polar surface area (TPSA) is 62.1 Å². The molecule has 74 valence electrons. The van der Waals surface area contributed by atoms with Crippen molar-refractivity contribution in [1.29, 1.82) is 0 Å². The summed E-state index contributed by atoms with van der Waals surface area (Å²) in [6, 6.07) is 7.47. The molecule has 0 fully saturated rings. The van der Waals surface area contributed by atoms with E-state index in [0.29, 0.717) is 0 Å². The Kier molecular flexibility index (Phi) is 1.56. The van der Waals surface area contributed by atoms with Gasteiger partial charge in [-0.2, -0.15) is 0 Å². The maximum atomic E-state index is 9.29. The lowest BCUT2D eigenvalue weighted by atomic mass is 10.1. The van der Waals surface area contributed by atoms with Crippen LogP contribution in [0, 0.1) is 0 Å². The van der Waals surface area contributed by atoms with E-state index in [1.54, 1.807) is 12.3 Å². The highest BCUT2D eigenvalue weighted by molar-refractivity contribution is 5.85. The van der Waals surface area contributed by atoms with Crippen LogP contribution in [-0.2, 0) is 0 Å². The lowest BCUT2D eigenvalue weighted by Crippen LogP contribution is -1.76. The number of fused-ring (bicyclic) bond motifs is 1. The second kappa shape index (κ2) is 2.88. The minimum Gasteiger partial charge on any atom is -0.495 e. The maximum Gasteiger partial charge on any atom is 0.189 e. The number of benzene rings is 1. The normalized spacial score (nSPS) is 10.9. The number of aromatic nitrogens is 2. The van der Waals surface area contributed by atoms with Crippen LogP contribution in [0.4, 0.5) is 0 Å². The number of H-pyrrole nitrogens is 1. The molecule has 15 heavy (non-hydrogen) atoms. The van der Waals surface area contributed by atoms with Crippen LogP contribution in [0.1, 0.15) is 0 Å². The molecule has 3 rings (SSSR count). The van der Waals surface area contributed by atoms with Gasteiger partial charge in [0.15, 0.2) is 12.3 Å². The predicted molar refractivity (Wildman–Crippen MR) is 55.5 cm³/mol. The SMILES string of the molecule is Oc1cc2ccc(-c3cocn3)cc2[nH]1. The van der Waals surface area contributed by atoms with Crippen LogP contribution >= 0.6 is 0 Å². The molecule has 2 N–H and O–H groups in total. The fourth-order valence-corrected chi connectivity index (χ4v) is 1.63. The van der Waals surface area contributed by atoms with Crippen LogP contribution in [0.15, 0.2) is 41.3 Å². The van der Waals surface area contributed by atoms with Crippen molar-refractivity contribution in [1.82, 2.24) is 9.97 Å². The molecule has 0 saturated carbocycles. The summed E-state index contributed by atoms with van der Waals surface area (Å²) in [5.74, 6) is 0.169. The molecular weight excluding hydrogens is 192 g/mol. The average molecular weight is 200 g/mol. The van der Waals surface area contributed by atoms with Gasteiger partial charge >= 0.3 is 0 Å². The highest BCUT2D eigenvalue weighted by atomic mass is 16.3. The second-order valence-corrected chi connectivity index (χ2v) is 3.33. The number of rotatable bonds is 1. The first-order chi connectivity index (χ1) is 7.33. The van der Waals surface area contributed by atoms with E-state index in [1.165, 1.54) is 6.39 Å². The number of nitrogens with zero attached hydrogens (tertiary/aromatic N) is 1. The molecule has 2 heterocycles. The number of hydrogen-bond donors (Lipinski definition) is 2. The number of oxazole rings is 1. The van der Waals surface area contributed by atoms with Crippen LogP contribution in [-0.4, -0.2) is 15.1 Å². The molecule has 0 aliphatic rings. The molecule has 0 saturated heterocycles. The molecule has 4 heteroatoms. The van der Waals surface area contributed by atoms with Gasteiger partial charge in [-0.3, -0.25) is 0 Å². The number of nitrogens with one attached hydrogen (secondary N) is 1. The Morgan fingerprint density at radius 3 is 3.00 bits per heavy atom. The van der Waals surface area contributed by atoms with E-state index in [9.17, 15) is 5.11 Å². The van der Waals surface area contributed by atoms with Gasteiger partial charge in [0.25, 0.3) is 0 Å². The summed E-state index contributed by atoms with van der Waals surface area (Å²) in [4.78, 5) is 6.91. The predicted octanol–water partition coefficient (Wildman–Crippen LogP) is 2.53. The highest BCUT2D eigenvalue weighted by Crippen LogP contribution is 2.25. The van der Waals surface area contributed by atoms with Crippen LogP contribution in [0.5, 0.6) is 5.88 Å². The number of aromatic hydroxyl groups is 1. The molecule has 0 spiro atoms. The van der Waals surface area contributed by atoms with Crippen molar-refractivity contribution in [3.63, 3.8) is 0 Å². The molecule has 1 aromatic carbocycles. The van der Waals surface area contributed by atoms with Crippen LogP contribution in [0.3, 0.4) is 0 Å². The van der Waals surface area contributed by atoms with Crippen molar-refractivity contribution in [3.05, 3.63) is 36.9 Å². The Hall–Kier alpha value is -2.23. The number of aromatic amines is 1. The summed E-state index contributed by atoms with van der Waals surface area (Å²) in [7, 11) is 0. The number of hydrogen-bond acceptors (Lipinski definition) is 3. The molecule has 0 radical (unpaired) electrons. The minimum absolute atomic E-state index is 0.169. The second-order valence-electron chi connectivity index (χ2n) is 3.33. The molecule has 0 unspecified atom stereocenters. The van der Waals surface area contributed by atoms with E-state index in [1.807, 2.05) is 18.2 Å². The van der Waals surface area contributed by atoms with Gasteiger partial charge in [0, 0.05) is 22.5 Å². The third-order valence-corrected chi connectivity index (χ3v) is 2.34. The lowest BCUT2D eigenvalue weighted by molar-refractivity contribution is 0.458. The Morgan fingerprint density at radius 1 is 1.27 bits per heavy atom. The molecule has 0 aliphatic heterocycles. The van der Waals surface area contributed by atoms with Gasteiger partial charge in [0.1, 0.15) is 12.0 Å². The van der Waals surface area contributed by atoms with E-state index < -0.39 is 0 Å². The first-order valence-electron chi connectivity index (χ1n) is 4.53. The summed E-state index contributed by atoms with van der Waals surface area (Å²) < 4.78 is 4.92. The monoisotopic (exact) mass is 200 g/mol. The standard InChI is InChI=1S/C11H8N2O2/c14-11-4-8-2-1-7(3-9(8)13-11)10-5-15-6-12-10/h1-6,13-14H. The van der Waals surface area contributed by atoms with E-state index in [0.717, 1.165) is 22.2 Å². The first-order valence-corrected chi connectivity index (χ1v) is 4.53. The highest BCUT2D eigenvalue weighted by Gasteiger charge is 2.04. The lowest BCUT2D eigenvalue weighted by Gasteiger charge is -1.95. The third kappa shape index (κ3) is 1.27. The van der Waals surface area contributed by atoms with Crippen molar-refractivity contribution in [2.45, 2.75) is 0 Å². The molecular formula is C11H8N2O2. The van der Waals surface area contributed by atoms with E-state index in [-0.39, 0.29) is 5.88 Å². The zero-order valence-corrected chi connectivity index (χ0v) is 7.77. The summed E-state index contributed by atoms with van der Waals surface area (Å²) >= 11 is 0. The Morgan fingerprint density at radius 2 is 2.20 bits per heavy atom. The summed E-state index contributed by atoms with van der Waals surface area (Å²) in [5.41, 5.74) is 2.62. The molecule has 0 bridgehead atoms. The van der Waals surface area contributed by atoms with Crippen molar-refractivity contribution < 1.29 is 9.52 Å². The molecule has 3 aromatic rings. The van der Waals surface area contributed by atoms with Gasteiger partial charge < -0.3 is 14.5 Å². The van der Waals surface area contributed by atoms with E-state index in [2.05, 4.69) is 9.97 Å². The van der Waals surface area contributed by atoms with Crippen LogP contribution < -0.4 is 0 Å². The van der Waals surface area contributed by atoms with Crippen molar-refractivity contribution in [3.8, 4) is 17.1 Å². The quantitative estimate of drug-likeness (QED) is 0.634. The molecule has 2 aromatic heterocycles. The smallest absolute Gasteiger partial charge is 0.189 e. The van der Waals surface area contributed by atoms with Gasteiger partial charge in [-0.25, -0.2) is 4.98 Å². The largest absolute Gasteiger partial charge is 0.495 e. The van der Waals surface area contributed by atoms with Gasteiger partial charge in [-0.15, -0.1) is 0 Å². The fraction of sp³-hybridized carbons (Fsp3) is 0. The first kappa shape index (κ1) is 8.11.